The highest BCUT2D eigenvalue weighted by atomic mass is 32.2. The number of carbonyl (C=O) groups excluding carboxylic acids is 2. The normalized spacial score (nSPS) is 10.1. The predicted octanol–water partition coefficient (Wildman–Crippen LogP) is 1.49. The number of aromatic amines is 1. The first-order chi connectivity index (χ1) is 9.63. The number of thioether (sulfide) groups is 1. The third kappa shape index (κ3) is 4.39. The fourth-order valence-electron chi connectivity index (χ4n) is 1.48. The van der Waals surface area contributed by atoms with Crippen LogP contribution in [0.1, 0.15) is 6.92 Å². The number of carbonyl (C=O) groups is 2. The Hall–Kier alpha value is -2.35. The number of hydrogen-bond acceptors (Lipinski definition) is 5. The highest BCUT2D eigenvalue weighted by Gasteiger charge is 2.06. The van der Waals surface area contributed by atoms with Gasteiger partial charge in [0, 0.05) is 18.3 Å². The van der Waals surface area contributed by atoms with E-state index in [0.29, 0.717) is 16.4 Å². The highest BCUT2D eigenvalue weighted by Crippen LogP contribution is 2.17. The molecule has 0 aliphatic rings. The molecule has 0 spiro atoms. The van der Waals surface area contributed by atoms with Crippen LogP contribution in [0.15, 0.2) is 35.5 Å². The number of H-pyrrole nitrogens is 1. The molecule has 0 aliphatic carbocycles. The van der Waals surface area contributed by atoms with E-state index in [1.54, 1.807) is 30.5 Å². The zero-order valence-corrected chi connectivity index (χ0v) is 11.5. The Morgan fingerprint density at radius 1 is 1.30 bits per heavy atom. The molecule has 0 bridgehead atoms. The van der Waals surface area contributed by atoms with E-state index in [1.807, 2.05) is 0 Å². The third-order valence-corrected chi connectivity index (χ3v) is 3.11. The lowest BCUT2D eigenvalue weighted by atomic mass is 10.2. The monoisotopic (exact) mass is 291 g/mol. The van der Waals surface area contributed by atoms with Gasteiger partial charge in [0.05, 0.1) is 11.9 Å². The van der Waals surface area contributed by atoms with E-state index >= 15 is 0 Å². The van der Waals surface area contributed by atoms with Crippen molar-refractivity contribution in [2.75, 3.05) is 16.4 Å². The molecule has 0 fully saturated rings. The molecule has 1 aromatic carbocycles. The molecule has 2 aromatic rings. The minimum absolute atomic E-state index is 0.155. The summed E-state index contributed by atoms with van der Waals surface area (Å²) >= 11 is 1.28. The molecule has 8 heteroatoms. The summed E-state index contributed by atoms with van der Waals surface area (Å²) in [7, 11) is 0. The summed E-state index contributed by atoms with van der Waals surface area (Å²) < 4.78 is 0. The number of nitrogens with one attached hydrogen (secondary N) is 3. The van der Waals surface area contributed by atoms with Gasteiger partial charge in [-0.25, -0.2) is 0 Å². The topological polar surface area (TPSA) is 99.8 Å². The van der Waals surface area contributed by atoms with Crippen molar-refractivity contribution in [1.29, 1.82) is 0 Å². The average Bonchev–Trinajstić information content (AvgIpc) is 2.89. The van der Waals surface area contributed by atoms with Crippen LogP contribution < -0.4 is 10.6 Å². The summed E-state index contributed by atoms with van der Waals surface area (Å²) in [6.07, 6.45) is 1.55. The molecular weight excluding hydrogens is 278 g/mol. The quantitative estimate of drug-likeness (QED) is 0.725. The first kappa shape index (κ1) is 14.1. The van der Waals surface area contributed by atoms with E-state index in [1.165, 1.54) is 18.7 Å². The maximum absolute atomic E-state index is 11.8. The summed E-state index contributed by atoms with van der Waals surface area (Å²) in [6.45, 7) is 1.43. The van der Waals surface area contributed by atoms with Crippen LogP contribution in [-0.2, 0) is 9.59 Å². The molecule has 3 N–H and O–H groups in total. The fourth-order valence-corrected chi connectivity index (χ4v) is 2.06. The van der Waals surface area contributed by atoms with E-state index in [0.717, 1.165) is 0 Å². The summed E-state index contributed by atoms with van der Waals surface area (Å²) in [6, 6.07) is 6.96. The highest BCUT2D eigenvalue weighted by molar-refractivity contribution is 7.99. The molecule has 0 aliphatic heterocycles. The van der Waals surface area contributed by atoms with Gasteiger partial charge in [0.2, 0.25) is 11.8 Å². The second-order valence-electron chi connectivity index (χ2n) is 3.91. The van der Waals surface area contributed by atoms with Gasteiger partial charge in [-0.15, -0.1) is 5.10 Å². The molecule has 1 aromatic heterocycles. The van der Waals surface area contributed by atoms with Crippen LogP contribution in [-0.4, -0.2) is 33.0 Å². The van der Waals surface area contributed by atoms with Crippen molar-refractivity contribution in [3.63, 3.8) is 0 Å². The molecule has 0 saturated carbocycles. The molecule has 0 atom stereocenters. The third-order valence-electron chi connectivity index (χ3n) is 2.21. The van der Waals surface area contributed by atoms with Crippen molar-refractivity contribution >= 4 is 35.0 Å². The molecule has 2 amide bonds. The summed E-state index contributed by atoms with van der Waals surface area (Å²) in [5, 5.41) is 16.0. The van der Waals surface area contributed by atoms with Crippen LogP contribution in [0.2, 0.25) is 0 Å². The van der Waals surface area contributed by atoms with Gasteiger partial charge < -0.3 is 10.6 Å². The number of hydrogen-bond donors (Lipinski definition) is 3. The number of rotatable bonds is 5. The van der Waals surface area contributed by atoms with E-state index in [2.05, 4.69) is 26.0 Å². The average molecular weight is 291 g/mol. The van der Waals surface area contributed by atoms with Crippen LogP contribution in [0.3, 0.4) is 0 Å². The smallest absolute Gasteiger partial charge is 0.234 e. The van der Waals surface area contributed by atoms with E-state index in [-0.39, 0.29) is 17.6 Å². The van der Waals surface area contributed by atoms with Crippen LogP contribution in [0, 0.1) is 0 Å². The summed E-state index contributed by atoms with van der Waals surface area (Å²) in [4.78, 5) is 22.7. The molecular formula is C12H13N5O2S. The van der Waals surface area contributed by atoms with Gasteiger partial charge in [-0.2, -0.15) is 10.3 Å². The van der Waals surface area contributed by atoms with Gasteiger partial charge in [0.1, 0.15) is 5.03 Å². The van der Waals surface area contributed by atoms with Crippen LogP contribution in [0.25, 0.3) is 0 Å². The molecule has 1 heterocycles. The second-order valence-corrected chi connectivity index (χ2v) is 4.90. The Morgan fingerprint density at radius 2 is 2.05 bits per heavy atom. The van der Waals surface area contributed by atoms with Gasteiger partial charge in [0.15, 0.2) is 0 Å². The van der Waals surface area contributed by atoms with E-state index in [9.17, 15) is 9.59 Å². The van der Waals surface area contributed by atoms with Crippen molar-refractivity contribution in [2.45, 2.75) is 11.9 Å². The molecule has 0 saturated heterocycles. The fraction of sp³-hybridized carbons (Fsp3) is 0.167. The molecule has 0 radical (unpaired) electrons. The minimum Gasteiger partial charge on any atom is -0.326 e. The molecule has 2 rings (SSSR count). The van der Waals surface area contributed by atoms with Crippen LogP contribution in [0.5, 0.6) is 0 Å². The van der Waals surface area contributed by atoms with Crippen molar-refractivity contribution in [1.82, 2.24) is 15.4 Å². The van der Waals surface area contributed by atoms with Gasteiger partial charge in [-0.3, -0.25) is 9.59 Å². The maximum atomic E-state index is 11.8. The van der Waals surface area contributed by atoms with Crippen LogP contribution in [0.4, 0.5) is 11.4 Å². The van der Waals surface area contributed by atoms with Gasteiger partial charge >= 0.3 is 0 Å². The van der Waals surface area contributed by atoms with E-state index < -0.39 is 0 Å². The molecule has 0 unspecified atom stereocenters. The van der Waals surface area contributed by atoms with Crippen LogP contribution >= 0.6 is 11.8 Å². The van der Waals surface area contributed by atoms with Gasteiger partial charge in [-0.1, -0.05) is 17.8 Å². The Balaban J connectivity index is 1.88. The number of amides is 2. The lowest BCUT2D eigenvalue weighted by Crippen LogP contribution is -2.14. The Labute approximate surface area is 119 Å². The molecule has 20 heavy (non-hydrogen) atoms. The largest absolute Gasteiger partial charge is 0.326 e. The molecule has 104 valence electrons. The van der Waals surface area contributed by atoms with E-state index in [4.69, 9.17) is 0 Å². The van der Waals surface area contributed by atoms with Crippen molar-refractivity contribution < 1.29 is 9.59 Å². The summed E-state index contributed by atoms with van der Waals surface area (Å²) in [5.74, 6) is -0.0790. The van der Waals surface area contributed by atoms with Crippen molar-refractivity contribution in [2.24, 2.45) is 0 Å². The van der Waals surface area contributed by atoms with Crippen molar-refractivity contribution in [3.05, 3.63) is 30.5 Å². The molecule has 7 nitrogen and oxygen atoms in total. The zero-order chi connectivity index (χ0) is 14.4. The SMILES string of the molecule is CC(=O)Nc1cccc(NC(=O)CSc2cn[nH]n2)c1. The number of nitrogens with zero attached hydrogens (tertiary/aromatic N) is 2. The number of anilines is 2. The summed E-state index contributed by atoms with van der Waals surface area (Å²) in [5.41, 5.74) is 1.27. The first-order valence-electron chi connectivity index (χ1n) is 5.79. The van der Waals surface area contributed by atoms with Gasteiger partial charge in [0.25, 0.3) is 0 Å². The number of aromatic nitrogens is 3. The predicted molar refractivity (Wildman–Crippen MR) is 76.5 cm³/mol. The lowest BCUT2D eigenvalue weighted by Gasteiger charge is -2.07. The van der Waals surface area contributed by atoms with Crippen molar-refractivity contribution in [3.8, 4) is 0 Å². The number of benzene rings is 1. The second kappa shape index (κ2) is 6.71. The maximum Gasteiger partial charge on any atom is 0.234 e. The Morgan fingerprint density at radius 3 is 2.70 bits per heavy atom. The minimum atomic E-state index is -0.157. The lowest BCUT2D eigenvalue weighted by molar-refractivity contribution is -0.114. The zero-order valence-electron chi connectivity index (χ0n) is 10.7. The standard InChI is InChI=1S/C12H13N5O2S/c1-8(18)14-9-3-2-4-10(5-9)15-11(19)7-20-12-6-13-17-16-12/h2-6H,7H2,1H3,(H,14,18)(H,15,19)(H,13,16,17). The Bertz CT molecular complexity index is 600. The Kier molecular flexibility index (Phi) is 4.72. The van der Waals surface area contributed by atoms with Gasteiger partial charge in [-0.05, 0) is 18.2 Å². The first-order valence-corrected chi connectivity index (χ1v) is 6.78.